The summed E-state index contributed by atoms with van der Waals surface area (Å²) in [4.78, 5) is 32.4. The van der Waals surface area contributed by atoms with Crippen LogP contribution in [0.3, 0.4) is 0 Å². The summed E-state index contributed by atoms with van der Waals surface area (Å²) >= 11 is 0. The maximum Gasteiger partial charge on any atom is 0.332 e. The van der Waals surface area contributed by atoms with Crippen molar-refractivity contribution in [3.05, 3.63) is 50.2 Å². The van der Waals surface area contributed by atoms with Gasteiger partial charge in [0, 0.05) is 32.9 Å². The van der Waals surface area contributed by atoms with Crippen molar-refractivity contribution < 1.29 is 4.74 Å². The fourth-order valence-electron chi connectivity index (χ4n) is 3.71. The first-order valence-electron chi connectivity index (χ1n) is 8.98. The number of imidazole rings is 1. The largest absolute Gasteiger partial charge is 0.383 e. The van der Waals surface area contributed by atoms with Gasteiger partial charge in [-0.15, -0.1) is 0 Å². The molecule has 0 saturated carbocycles. The molecular formula is C19H23N5O3. The third-order valence-electron chi connectivity index (χ3n) is 5.39. The van der Waals surface area contributed by atoms with Crippen molar-refractivity contribution in [3.63, 3.8) is 0 Å². The third-order valence-corrected chi connectivity index (χ3v) is 5.39. The van der Waals surface area contributed by atoms with Crippen LogP contribution in [0, 0.1) is 13.8 Å². The number of ether oxygens (including phenoxy) is 1. The Balaban J connectivity index is 1.94. The number of aryl methyl sites for hydroxylation is 2. The molecule has 0 saturated heterocycles. The van der Waals surface area contributed by atoms with Crippen LogP contribution in [0.15, 0.2) is 27.8 Å². The maximum atomic E-state index is 13.0. The van der Waals surface area contributed by atoms with Crippen LogP contribution < -0.4 is 16.1 Å². The predicted octanol–water partition coefficient (Wildman–Crippen LogP) is 1.31. The minimum atomic E-state index is -0.375. The fourth-order valence-corrected chi connectivity index (χ4v) is 3.71. The van der Waals surface area contributed by atoms with Crippen molar-refractivity contribution in [2.45, 2.75) is 26.9 Å². The lowest BCUT2D eigenvalue weighted by molar-refractivity contribution is 0.184. The average Bonchev–Trinajstić information content (AvgIpc) is 3.21. The maximum absolute atomic E-state index is 13.0. The summed E-state index contributed by atoms with van der Waals surface area (Å²) in [5.74, 6) is 0.704. The van der Waals surface area contributed by atoms with E-state index in [0.717, 1.165) is 12.2 Å². The second-order valence-corrected chi connectivity index (χ2v) is 6.90. The Bertz CT molecular complexity index is 1150. The Morgan fingerprint density at radius 2 is 1.96 bits per heavy atom. The summed E-state index contributed by atoms with van der Waals surface area (Å²) in [5.41, 5.74) is 3.67. The minimum absolute atomic E-state index is 0.221. The van der Waals surface area contributed by atoms with Crippen molar-refractivity contribution in [2.24, 2.45) is 7.05 Å². The van der Waals surface area contributed by atoms with E-state index in [-0.39, 0.29) is 17.8 Å². The molecule has 1 aliphatic heterocycles. The Morgan fingerprint density at radius 1 is 1.19 bits per heavy atom. The highest BCUT2D eigenvalue weighted by molar-refractivity contribution is 5.78. The fraction of sp³-hybridized carbons (Fsp3) is 0.421. The first-order valence-corrected chi connectivity index (χ1v) is 8.98. The first kappa shape index (κ1) is 17.5. The highest BCUT2D eigenvalue weighted by Crippen LogP contribution is 2.34. The van der Waals surface area contributed by atoms with E-state index in [1.54, 1.807) is 14.2 Å². The van der Waals surface area contributed by atoms with Crippen LogP contribution in [-0.2, 0) is 24.9 Å². The highest BCUT2D eigenvalue weighted by Gasteiger charge is 2.29. The van der Waals surface area contributed by atoms with Gasteiger partial charge in [-0.05, 0) is 31.0 Å². The molecule has 3 heterocycles. The topological polar surface area (TPSA) is 74.3 Å². The van der Waals surface area contributed by atoms with Crippen LogP contribution in [0.4, 0.5) is 11.6 Å². The molecule has 0 fully saturated rings. The number of hydrogen-bond donors (Lipinski definition) is 0. The van der Waals surface area contributed by atoms with Gasteiger partial charge in [0.25, 0.3) is 5.56 Å². The Morgan fingerprint density at radius 3 is 2.70 bits per heavy atom. The summed E-state index contributed by atoms with van der Waals surface area (Å²) in [6.07, 6.45) is 0. The van der Waals surface area contributed by atoms with E-state index in [2.05, 4.69) is 35.9 Å². The summed E-state index contributed by atoms with van der Waals surface area (Å²) in [6.45, 7) is 6.08. The van der Waals surface area contributed by atoms with Crippen LogP contribution in [-0.4, -0.2) is 38.9 Å². The van der Waals surface area contributed by atoms with Crippen molar-refractivity contribution in [2.75, 3.05) is 25.2 Å². The second kappa shape index (κ2) is 6.38. The molecule has 142 valence electrons. The Hall–Kier alpha value is -2.87. The smallest absolute Gasteiger partial charge is 0.332 e. The van der Waals surface area contributed by atoms with E-state index in [9.17, 15) is 9.59 Å². The van der Waals surface area contributed by atoms with Gasteiger partial charge in [0.1, 0.15) is 0 Å². The molecule has 0 spiro atoms. The van der Waals surface area contributed by atoms with Crippen LogP contribution in [0.1, 0.15) is 11.1 Å². The average molecular weight is 369 g/mol. The lowest BCUT2D eigenvalue weighted by Crippen LogP contribution is -2.40. The molecule has 0 bridgehead atoms. The number of methoxy groups -OCH3 is 1. The summed E-state index contributed by atoms with van der Waals surface area (Å²) < 4.78 is 9.63. The summed E-state index contributed by atoms with van der Waals surface area (Å²) in [5, 5.41) is 0. The van der Waals surface area contributed by atoms with Gasteiger partial charge in [-0.25, -0.2) is 4.79 Å². The van der Waals surface area contributed by atoms with E-state index in [4.69, 9.17) is 4.74 Å². The number of nitrogens with zero attached hydrogens (tertiary/aromatic N) is 5. The highest BCUT2D eigenvalue weighted by atomic mass is 16.5. The summed E-state index contributed by atoms with van der Waals surface area (Å²) in [6, 6.07) is 6.17. The zero-order valence-electron chi connectivity index (χ0n) is 16.0. The third kappa shape index (κ3) is 2.51. The van der Waals surface area contributed by atoms with Crippen molar-refractivity contribution in [3.8, 4) is 0 Å². The van der Waals surface area contributed by atoms with Crippen LogP contribution >= 0.6 is 0 Å². The van der Waals surface area contributed by atoms with Crippen molar-refractivity contribution in [1.82, 2.24) is 18.7 Å². The standard InChI is InChI=1S/C19H23N5O3/c1-12-6-5-7-14(13(12)2)22-8-9-23-15-16(20-18(22)23)21(3)19(26)24(17(15)25)10-11-27-4/h5-7H,8-11H2,1-4H3. The van der Waals surface area contributed by atoms with Gasteiger partial charge in [-0.1, -0.05) is 12.1 Å². The molecule has 0 atom stereocenters. The van der Waals surface area contributed by atoms with Gasteiger partial charge in [0.05, 0.1) is 13.2 Å². The van der Waals surface area contributed by atoms with Crippen LogP contribution in [0.5, 0.6) is 0 Å². The van der Waals surface area contributed by atoms with E-state index in [1.807, 2.05) is 10.6 Å². The van der Waals surface area contributed by atoms with Gasteiger partial charge in [0.15, 0.2) is 11.2 Å². The molecule has 8 heteroatoms. The monoisotopic (exact) mass is 369 g/mol. The van der Waals surface area contributed by atoms with Crippen molar-refractivity contribution in [1.29, 1.82) is 0 Å². The molecule has 1 aliphatic rings. The molecule has 0 amide bonds. The first-order chi connectivity index (χ1) is 13.0. The second-order valence-electron chi connectivity index (χ2n) is 6.90. The molecule has 1 aromatic carbocycles. The normalized spacial score (nSPS) is 13.6. The number of anilines is 2. The quantitative estimate of drug-likeness (QED) is 0.693. The SMILES string of the molecule is COCCn1c(=O)c2c(nc3n2CCN3c2cccc(C)c2C)n(C)c1=O. The summed E-state index contributed by atoms with van der Waals surface area (Å²) in [7, 11) is 3.20. The van der Waals surface area contributed by atoms with Gasteiger partial charge in [-0.3, -0.25) is 13.9 Å². The zero-order valence-corrected chi connectivity index (χ0v) is 16.0. The number of benzene rings is 1. The molecule has 0 aliphatic carbocycles. The number of fused-ring (bicyclic) bond motifs is 3. The number of rotatable bonds is 4. The van der Waals surface area contributed by atoms with Crippen molar-refractivity contribution >= 4 is 22.8 Å². The lowest BCUT2D eigenvalue weighted by atomic mass is 10.1. The van der Waals surface area contributed by atoms with Crippen LogP contribution in [0.2, 0.25) is 0 Å². The van der Waals surface area contributed by atoms with Gasteiger partial charge in [0.2, 0.25) is 5.95 Å². The lowest BCUT2D eigenvalue weighted by Gasteiger charge is -2.19. The number of aromatic nitrogens is 4. The minimum Gasteiger partial charge on any atom is -0.383 e. The molecule has 0 radical (unpaired) electrons. The van der Waals surface area contributed by atoms with E-state index in [0.29, 0.717) is 30.3 Å². The van der Waals surface area contributed by atoms with Gasteiger partial charge >= 0.3 is 5.69 Å². The van der Waals surface area contributed by atoms with Gasteiger partial charge < -0.3 is 14.2 Å². The molecule has 4 rings (SSSR count). The Kier molecular flexibility index (Phi) is 4.15. The Labute approximate surface area is 156 Å². The zero-order chi connectivity index (χ0) is 19.3. The van der Waals surface area contributed by atoms with E-state index < -0.39 is 0 Å². The molecule has 27 heavy (non-hydrogen) atoms. The molecule has 0 unspecified atom stereocenters. The molecular weight excluding hydrogens is 346 g/mol. The van der Waals surface area contributed by atoms with Gasteiger partial charge in [-0.2, -0.15) is 4.98 Å². The van der Waals surface area contributed by atoms with E-state index in [1.165, 1.54) is 20.3 Å². The van der Waals surface area contributed by atoms with Crippen LogP contribution in [0.25, 0.3) is 11.2 Å². The molecule has 2 aromatic heterocycles. The molecule has 3 aromatic rings. The predicted molar refractivity (Wildman–Crippen MR) is 104 cm³/mol. The van der Waals surface area contributed by atoms with E-state index >= 15 is 0 Å². The molecule has 8 nitrogen and oxygen atoms in total. The molecule has 0 N–H and O–H groups in total. The number of hydrogen-bond acceptors (Lipinski definition) is 5.